The molecule has 0 atom stereocenters. The van der Waals surface area contributed by atoms with Crippen molar-refractivity contribution in [2.45, 2.75) is 20.4 Å². The Labute approximate surface area is 162 Å². The number of hydrazone groups is 1. The smallest absolute Gasteiger partial charge is 0.271 e. The summed E-state index contributed by atoms with van der Waals surface area (Å²) >= 11 is 0. The number of aryl methyl sites for hydroxylation is 2. The standard InChI is InChI=1S/C22H21N5O/c1-15-10-16(2)27(26-15)14-17-6-5-7-18(11-17)22(28)25-24-13-19-12-23-21-9-4-3-8-20(19)21/h3-13,23H,14H2,1-2H3,(H,25,28)/b24-13-. The van der Waals surface area contributed by atoms with Gasteiger partial charge in [0, 0.05) is 33.9 Å². The lowest BCUT2D eigenvalue weighted by Gasteiger charge is -2.06. The molecule has 28 heavy (non-hydrogen) atoms. The number of para-hydroxylation sites is 1. The third kappa shape index (κ3) is 3.71. The first-order valence-corrected chi connectivity index (χ1v) is 9.10. The highest BCUT2D eigenvalue weighted by molar-refractivity contribution is 6.00. The average molecular weight is 371 g/mol. The van der Waals surface area contributed by atoms with E-state index in [1.807, 2.05) is 73.3 Å². The van der Waals surface area contributed by atoms with Crippen molar-refractivity contribution >= 4 is 23.0 Å². The van der Waals surface area contributed by atoms with Gasteiger partial charge in [-0.1, -0.05) is 30.3 Å². The molecule has 1 amide bonds. The maximum Gasteiger partial charge on any atom is 0.271 e. The Morgan fingerprint density at radius 1 is 1.18 bits per heavy atom. The molecule has 4 aromatic rings. The molecule has 0 bridgehead atoms. The molecule has 4 rings (SSSR count). The van der Waals surface area contributed by atoms with Crippen molar-refractivity contribution in [2.24, 2.45) is 5.10 Å². The van der Waals surface area contributed by atoms with Crippen molar-refractivity contribution in [3.63, 3.8) is 0 Å². The predicted octanol–water partition coefficient (Wildman–Crippen LogP) is 3.79. The third-order valence-electron chi connectivity index (χ3n) is 4.62. The normalized spacial score (nSPS) is 11.4. The Balaban J connectivity index is 1.45. The summed E-state index contributed by atoms with van der Waals surface area (Å²) in [7, 11) is 0. The fourth-order valence-corrected chi connectivity index (χ4v) is 3.24. The first-order valence-electron chi connectivity index (χ1n) is 9.10. The van der Waals surface area contributed by atoms with Gasteiger partial charge in [-0.2, -0.15) is 10.2 Å². The second-order valence-electron chi connectivity index (χ2n) is 6.77. The van der Waals surface area contributed by atoms with Crippen LogP contribution in [0.25, 0.3) is 10.9 Å². The van der Waals surface area contributed by atoms with Gasteiger partial charge in [0.15, 0.2) is 0 Å². The van der Waals surface area contributed by atoms with E-state index in [0.29, 0.717) is 12.1 Å². The molecule has 2 heterocycles. The van der Waals surface area contributed by atoms with Crippen molar-refractivity contribution in [1.29, 1.82) is 0 Å². The van der Waals surface area contributed by atoms with Gasteiger partial charge < -0.3 is 4.98 Å². The SMILES string of the molecule is Cc1cc(C)n(Cc2cccc(C(=O)N/N=C\c3c[nH]c4ccccc34)c2)n1. The van der Waals surface area contributed by atoms with Gasteiger partial charge in [0.1, 0.15) is 0 Å². The molecule has 0 spiro atoms. The predicted molar refractivity (Wildman–Crippen MR) is 111 cm³/mol. The van der Waals surface area contributed by atoms with E-state index in [1.165, 1.54) is 0 Å². The fourth-order valence-electron chi connectivity index (χ4n) is 3.24. The van der Waals surface area contributed by atoms with Gasteiger partial charge in [0.05, 0.1) is 18.5 Å². The molecular formula is C22H21N5O. The van der Waals surface area contributed by atoms with E-state index in [9.17, 15) is 4.79 Å². The number of hydrogen-bond acceptors (Lipinski definition) is 3. The van der Waals surface area contributed by atoms with Crippen molar-refractivity contribution < 1.29 is 4.79 Å². The Kier molecular flexibility index (Phi) is 4.76. The average Bonchev–Trinajstić information content (AvgIpc) is 3.24. The van der Waals surface area contributed by atoms with Crippen molar-refractivity contribution in [3.8, 4) is 0 Å². The number of carbonyl (C=O) groups is 1. The van der Waals surface area contributed by atoms with E-state index in [4.69, 9.17) is 0 Å². The van der Waals surface area contributed by atoms with Crippen LogP contribution in [0.4, 0.5) is 0 Å². The number of fused-ring (bicyclic) bond motifs is 1. The van der Waals surface area contributed by atoms with E-state index in [1.54, 1.807) is 12.3 Å². The summed E-state index contributed by atoms with van der Waals surface area (Å²) in [5.74, 6) is -0.244. The van der Waals surface area contributed by atoms with E-state index in [-0.39, 0.29) is 5.91 Å². The van der Waals surface area contributed by atoms with Gasteiger partial charge >= 0.3 is 0 Å². The largest absolute Gasteiger partial charge is 0.361 e. The highest BCUT2D eigenvalue weighted by Gasteiger charge is 2.07. The van der Waals surface area contributed by atoms with Crippen LogP contribution in [0.1, 0.15) is 32.9 Å². The monoisotopic (exact) mass is 371 g/mol. The van der Waals surface area contributed by atoms with Gasteiger partial charge in [-0.3, -0.25) is 9.48 Å². The van der Waals surface area contributed by atoms with Crippen LogP contribution < -0.4 is 5.43 Å². The zero-order valence-corrected chi connectivity index (χ0v) is 15.8. The molecule has 0 aliphatic carbocycles. The van der Waals surface area contributed by atoms with E-state index >= 15 is 0 Å². The van der Waals surface area contributed by atoms with Gasteiger partial charge in [-0.15, -0.1) is 0 Å². The number of aromatic nitrogens is 3. The van der Waals surface area contributed by atoms with Crippen LogP contribution in [0.5, 0.6) is 0 Å². The summed E-state index contributed by atoms with van der Waals surface area (Å²) in [4.78, 5) is 15.6. The van der Waals surface area contributed by atoms with Gasteiger partial charge in [-0.25, -0.2) is 5.43 Å². The Morgan fingerprint density at radius 2 is 2.04 bits per heavy atom. The van der Waals surface area contributed by atoms with Crippen molar-refractivity contribution in [3.05, 3.63) is 88.9 Å². The molecule has 0 fully saturated rings. The lowest BCUT2D eigenvalue weighted by molar-refractivity contribution is 0.0955. The number of aromatic amines is 1. The molecular weight excluding hydrogens is 350 g/mol. The van der Waals surface area contributed by atoms with Crippen molar-refractivity contribution in [1.82, 2.24) is 20.2 Å². The summed E-state index contributed by atoms with van der Waals surface area (Å²) < 4.78 is 1.93. The lowest BCUT2D eigenvalue weighted by atomic mass is 10.1. The number of amides is 1. The molecule has 2 N–H and O–H groups in total. The lowest BCUT2D eigenvalue weighted by Crippen LogP contribution is -2.18. The number of hydrogen-bond donors (Lipinski definition) is 2. The number of nitrogens with zero attached hydrogens (tertiary/aromatic N) is 3. The molecule has 0 unspecified atom stereocenters. The van der Waals surface area contributed by atoms with E-state index in [2.05, 4.69) is 20.6 Å². The zero-order valence-electron chi connectivity index (χ0n) is 15.8. The summed E-state index contributed by atoms with van der Waals surface area (Å²) in [5, 5.41) is 9.64. The molecule has 140 valence electrons. The number of benzene rings is 2. The molecule has 0 radical (unpaired) electrons. The van der Waals surface area contributed by atoms with E-state index in [0.717, 1.165) is 33.4 Å². The quantitative estimate of drug-likeness (QED) is 0.414. The summed E-state index contributed by atoms with van der Waals surface area (Å²) in [5.41, 5.74) is 8.22. The Morgan fingerprint density at radius 3 is 2.86 bits per heavy atom. The fraction of sp³-hybridized carbons (Fsp3) is 0.136. The molecule has 6 heteroatoms. The Bertz CT molecular complexity index is 1170. The van der Waals surface area contributed by atoms with Crippen molar-refractivity contribution in [2.75, 3.05) is 0 Å². The van der Waals surface area contributed by atoms with Crippen LogP contribution in [0.3, 0.4) is 0 Å². The number of carbonyl (C=O) groups excluding carboxylic acids is 1. The summed E-state index contributed by atoms with van der Waals surface area (Å²) in [6.45, 7) is 4.62. The molecule has 0 saturated carbocycles. The van der Waals surface area contributed by atoms with Crippen LogP contribution in [0.2, 0.25) is 0 Å². The van der Waals surface area contributed by atoms with Crippen LogP contribution in [0, 0.1) is 13.8 Å². The van der Waals surface area contributed by atoms with E-state index < -0.39 is 0 Å². The molecule has 0 saturated heterocycles. The zero-order chi connectivity index (χ0) is 19.5. The topological polar surface area (TPSA) is 75.1 Å². The minimum atomic E-state index is -0.244. The highest BCUT2D eigenvalue weighted by Crippen LogP contribution is 2.15. The second-order valence-corrected chi connectivity index (χ2v) is 6.77. The van der Waals surface area contributed by atoms with Crippen LogP contribution >= 0.6 is 0 Å². The minimum absolute atomic E-state index is 0.244. The first kappa shape index (κ1) is 17.7. The highest BCUT2D eigenvalue weighted by atomic mass is 16.2. The van der Waals surface area contributed by atoms with Crippen LogP contribution in [-0.2, 0) is 6.54 Å². The second kappa shape index (κ2) is 7.52. The third-order valence-corrected chi connectivity index (χ3v) is 4.62. The van der Waals surface area contributed by atoms with Gasteiger partial charge in [0.25, 0.3) is 5.91 Å². The van der Waals surface area contributed by atoms with Crippen LogP contribution in [-0.4, -0.2) is 26.9 Å². The molecule has 0 aliphatic rings. The molecule has 2 aromatic heterocycles. The number of nitrogens with one attached hydrogen (secondary N) is 2. The minimum Gasteiger partial charge on any atom is -0.361 e. The molecule has 6 nitrogen and oxygen atoms in total. The number of H-pyrrole nitrogens is 1. The Hall–Kier alpha value is -3.67. The summed E-state index contributed by atoms with van der Waals surface area (Å²) in [6.07, 6.45) is 3.52. The van der Waals surface area contributed by atoms with Crippen LogP contribution in [0.15, 0.2) is 65.9 Å². The molecule has 0 aliphatic heterocycles. The summed E-state index contributed by atoms with van der Waals surface area (Å²) in [6, 6.07) is 17.5. The maximum absolute atomic E-state index is 12.5. The number of rotatable bonds is 5. The van der Waals surface area contributed by atoms with Gasteiger partial charge in [0.2, 0.25) is 0 Å². The molecule has 2 aromatic carbocycles. The van der Waals surface area contributed by atoms with Gasteiger partial charge in [-0.05, 0) is 43.7 Å². The first-order chi connectivity index (χ1) is 13.6. The maximum atomic E-state index is 12.5.